The number of hydrogen-bond acceptors (Lipinski definition) is 2. The van der Waals surface area contributed by atoms with E-state index in [-0.39, 0.29) is 22.9 Å². The minimum absolute atomic E-state index is 0.0107. The molecule has 1 aromatic rings. The van der Waals surface area contributed by atoms with Crippen molar-refractivity contribution in [2.75, 3.05) is 0 Å². The molecule has 5 rings (SSSR count). The summed E-state index contributed by atoms with van der Waals surface area (Å²) in [4.78, 5) is 13.2. The standard InChI is InChI=1S/C26H38O2/c1-5-22(11-18(2)23-9-7-6-8-10-23)24(27)28-25(3,4)26-15-19-12-20(16-26)14-21(13-19)17-26/h6-10,18-22H,5,11-17H2,1-4H3. The van der Waals surface area contributed by atoms with E-state index in [1.807, 2.05) is 0 Å². The molecule has 28 heavy (non-hydrogen) atoms. The zero-order valence-corrected chi connectivity index (χ0v) is 18.2. The van der Waals surface area contributed by atoms with Gasteiger partial charge in [-0.1, -0.05) is 44.2 Å². The van der Waals surface area contributed by atoms with Crippen molar-refractivity contribution in [3.63, 3.8) is 0 Å². The first-order chi connectivity index (χ1) is 13.3. The highest BCUT2D eigenvalue weighted by molar-refractivity contribution is 5.73. The van der Waals surface area contributed by atoms with E-state index in [9.17, 15) is 4.79 Å². The Labute approximate surface area is 171 Å². The fraction of sp³-hybridized carbons (Fsp3) is 0.731. The van der Waals surface area contributed by atoms with Crippen LogP contribution in [-0.4, -0.2) is 11.6 Å². The molecule has 0 heterocycles. The van der Waals surface area contributed by atoms with Gasteiger partial charge in [-0.3, -0.25) is 4.79 Å². The van der Waals surface area contributed by atoms with Crippen molar-refractivity contribution in [1.82, 2.24) is 0 Å². The van der Waals surface area contributed by atoms with Gasteiger partial charge in [-0.25, -0.2) is 0 Å². The second-order valence-electron chi connectivity index (χ2n) is 10.8. The van der Waals surface area contributed by atoms with Gasteiger partial charge in [0.1, 0.15) is 5.60 Å². The van der Waals surface area contributed by atoms with Crippen LogP contribution in [0.5, 0.6) is 0 Å². The van der Waals surface area contributed by atoms with Gasteiger partial charge in [-0.05, 0) is 94.4 Å². The van der Waals surface area contributed by atoms with Crippen LogP contribution in [0.4, 0.5) is 0 Å². The Bertz CT molecular complexity index is 654. The van der Waals surface area contributed by atoms with E-state index >= 15 is 0 Å². The van der Waals surface area contributed by atoms with Crippen LogP contribution < -0.4 is 0 Å². The minimum atomic E-state index is -0.344. The molecule has 0 radical (unpaired) electrons. The fourth-order valence-corrected chi connectivity index (χ4v) is 7.07. The first-order valence-corrected chi connectivity index (χ1v) is 11.6. The highest BCUT2D eigenvalue weighted by Crippen LogP contribution is 2.64. The van der Waals surface area contributed by atoms with Crippen molar-refractivity contribution in [2.24, 2.45) is 29.1 Å². The summed E-state index contributed by atoms with van der Waals surface area (Å²) < 4.78 is 6.37. The number of rotatable bonds is 7. The molecule has 2 nitrogen and oxygen atoms in total. The van der Waals surface area contributed by atoms with E-state index < -0.39 is 0 Å². The van der Waals surface area contributed by atoms with Crippen molar-refractivity contribution in [3.8, 4) is 0 Å². The maximum Gasteiger partial charge on any atom is 0.309 e. The summed E-state index contributed by atoms with van der Waals surface area (Å²) in [7, 11) is 0. The lowest BCUT2D eigenvalue weighted by Gasteiger charge is -2.61. The summed E-state index contributed by atoms with van der Waals surface area (Å²) >= 11 is 0. The summed E-state index contributed by atoms with van der Waals surface area (Å²) in [6, 6.07) is 10.6. The number of carbonyl (C=O) groups excluding carboxylic acids is 1. The monoisotopic (exact) mass is 382 g/mol. The van der Waals surface area contributed by atoms with E-state index in [4.69, 9.17) is 4.74 Å². The predicted molar refractivity (Wildman–Crippen MR) is 114 cm³/mol. The Hall–Kier alpha value is -1.31. The smallest absolute Gasteiger partial charge is 0.309 e. The third-order valence-corrected chi connectivity index (χ3v) is 8.50. The molecule has 0 amide bonds. The van der Waals surface area contributed by atoms with E-state index in [1.165, 1.54) is 44.1 Å². The van der Waals surface area contributed by atoms with Crippen LogP contribution in [0.2, 0.25) is 0 Å². The van der Waals surface area contributed by atoms with Gasteiger partial charge >= 0.3 is 5.97 Å². The van der Waals surface area contributed by atoms with Crippen LogP contribution >= 0.6 is 0 Å². The Balaban J connectivity index is 1.44. The molecular formula is C26H38O2. The Kier molecular flexibility index (Phi) is 5.35. The minimum Gasteiger partial charge on any atom is -0.459 e. The molecule has 4 fully saturated rings. The van der Waals surface area contributed by atoms with Crippen molar-refractivity contribution >= 4 is 5.97 Å². The summed E-state index contributed by atoms with van der Waals surface area (Å²) in [5.41, 5.74) is 1.19. The molecule has 4 saturated carbocycles. The molecule has 2 heteroatoms. The van der Waals surface area contributed by atoms with Crippen LogP contribution in [0.25, 0.3) is 0 Å². The van der Waals surface area contributed by atoms with Gasteiger partial charge in [-0.2, -0.15) is 0 Å². The normalized spacial score (nSPS) is 33.5. The third kappa shape index (κ3) is 3.64. The summed E-state index contributed by atoms with van der Waals surface area (Å²) in [5, 5.41) is 0. The maximum absolute atomic E-state index is 13.2. The van der Waals surface area contributed by atoms with Crippen LogP contribution in [0.3, 0.4) is 0 Å². The predicted octanol–water partition coefficient (Wildman–Crippen LogP) is 6.74. The highest BCUT2D eigenvalue weighted by atomic mass is 16.6. The first-order valence-electron chi connectivity index (χ1n) is 11.6. The van der Waals surface area contributed by atoms with Gasteiger partial charge in [0.2, 0.25) is 0 Å². The largest absolute Gasteiger partial charge is 0.459 e. The van der Waals surface area contributed by atoms with Gasteiger partial charge < -0.3 is 4.74 Å². The van der Waals surface area contributed by atoms with Crippen molar-refractivity contribution in [3.05, 3.63) is 35.9 Å². The van der Waals surface area contributed by atoms with Gasteiger partial charge in [0, 0.05) is 5.41 Å². The second-order valence-corrected chi connectivity index (χ2v) is 10.8. The van der Waals surface area contributed by atoms with Gasteiger partial charge in [0.15, 0.2) is 0 Å². The molecule has 2 atom stereocenters. The third-order valence-electron chi connectivity index (χ3n) is 8.50. The topological polar surface area (TPSA) is 26.3 Å². The van der Waals surface area contributed by atoms with E-state index in [0.29, 0.717) is 5.92 Å². The summed E-state index contributed by atoms with van der Waals surface area (Å²) in [6.07, 6.45) is 9.83. The number of benzene rings is 1. The molecule has 154 valence electrons. The summed E-state index contributed by atoms with van der Waals surface area (Å²) in [6.45, 7) is 8.79. The lowest BCUT2D eigenvalue weighted by molar-refractivity contribution is -0.202. The van der Waals surface area contributed by atoms with Gasteiger partial charge in [-0.15, -0.1) is 0 Å². The number of hydrogen-bond donors (Lipinski definition) is 0. The highest BCUT2D eigenvalue weighted by Gasteiger charge is 2.58. The van der Waals surface area contributed by atoms with Gasteiger partial charge in [0.05, 0.1) is 5.92 Å². The molecule has 4 aliphatic rings. The molecule has 2 unspecified atom stereocenters. The Morgan fingerprint density at radius 3 is 2.11 bits per heavy atom. The zero-order chi connectivity index (χ0) is 19.9. The van der Waals surface area contributed by atoms with Crippen LogP contribution in [0, 0.1) is 29.1 Å². The summed E-state index contributed by atoms with van der Waals surface area (Å²) in [5.74, 6) is 3.04. The SMILES string of the molecule is CCC(CC(C)c1ccccc1)C(=O)OC(C)(C)C12CC3CC(CC(C3)C1)C2. The molecule has 0 aliphatic heterocycles. The van der Waals surface area contributed by atoms with Crippen molar-refractivity contribution in [1.29, 1.82) is 0 Å². The zero-order valence-electron chi connectivity index (χ0n) is 18.2. The average Bonchev–Trinajstić information content (AvgIpc) is 2.65. The Morgan fingerprint density at radius 2 is 1.61 bits per heavy atom. The fourth-order valence-electron chi connectivity index (χ4n) is 7.07. The second kappa shape index (κ2) is 7.50. The molecule has 0 saturated heterocycles. The molecule has 0 N–H and O–H groups in total. The lowest BCUT2D eigenvalue weighted by atomic mass is 9.46. The maximum atomic E-state index is 13.2. The molecule has 0 aromatic heterocycles. The Morgan fingerprint density at radius 1 is 1.07 bits per heavy atom. The van der Waals surface area contributed by atoms with Crippen LogP contribution in [0.15, 0.2) is 30.3 Å². The average molecular weight is 383 g/mol. The molecule has 1 aromatic carbocycles. The van der Waals surface area contributed by atoms with Crippen LogP contribution in [-0.2, 0) is 9.53 Å². The molecule has 0 spiro atoms. The van der Waals surface area contributed by atoms with E-state index in [2.05, 4.69) is 58.0 Å². The van der Waals surface area contributed by atoms with Crippen molar-refractivity contribution in [2.45, 2.75) is 90.6 Å². The quantitative estimate of drug-likeness (QED) is 0.488. The molecule has 4 bridgehead atoms. The molecular weight excluding hydrogens is 344 g/mol. The molecule has 4 aliphatic carbocycles. The first kappa shape index (κ1) is 20.0. The number of carbonyl (C=O) groups is 1. The van der Waals surface area contributed by atoms with Crippen molar-refractivity contribution < 1.29 is 9.53 Å². The lowest BCUT2D eigenvalue weighted by Crippen LogP contribution is -2.57. The van der Waals surface area contributed by atoms with E-state index in [1.54, 1.807) is 0 Å². The number of esters is 1. The van der Waals surface area contributed by atoms with Crippen LogP contribution in [0.1, 0.15) is 90.5 Å². The van der Waals surface area contributed by atoms with E-state index in [0.717, 1.165) is 30.6 Å². The van der Waals surface area contributed by atoms with Gasteiger partial charge in [0.25, 0.3) is 0 Å². The number of ether oxygens (including phenoxy) is 1.